The van der Waals surface area contributed by atoms with Crippen molar-refractivity contribution in [1.29, 1.82) is 0 Å². The molecule has 1 N–H and O–H groups in total. The fraction of sp³-hybridized carbons (Fsp3) is 0. The van der Waals surface area contributed by atoms with Gasteiger partial charge in [0.25, 0.3) is 10.0 Å². The molecule has 4 nitrogen and oxygen atoms in total. The molecule has 0 bridgehead atoms. The van der Waals surface area contributed by atoms with Crippen molar-refractivity contribution in [2.24, 2.45) is 0 Å². The van der Waals surface area contributed by atoms with E-state index < -0.39 is 15.8 Å². The standard InChI is InChI=1S/C11H7BrClFN2O2S/c12-9-2-1-7(5-10(9)14)16-19(17,18)8-3-4-15-11(13)6-8/h1-6,16H. The molecule has 0 aliphatic rings. The van der Waals surface area contributed by atoms with Gasteiger partial charge in [-0.1, -0.05) is 11.6 Å². The van der Waals surface area contributed by atoms with Crippen molar-refractivity contribution < 1.29 is 12.8 Å². The van der Waals surface area contributed by atoms with Crippen LogP contribution in [-0.2, 0) is 10.0 Å². The molecular weight excluding hydrogens is 359 g/mol. The predicted octanol–water partition coefficient (Wildman–Crippen LogP) is 3.44. The third-order valence-electron chi connectivity index (χ3n) is 2.18. The van der Waals surface area contributed by atoms with E-state index in [9.17, 15) is 12.8 Å². The Balaban J connectivity index is 2.33. The van der Waals surface area contributed by atoms with E-state index in [0.29, 0.717) is 0 Å². The van der Waals surface area contributed by atoms with Crippen molar-refractivity contribution in [2.45, 2.75) is 4.90 Å². The second kappa shape index (κ2) is 5.44. The fourth-order valence-electron chi connectivity index (χ4n) is 1.33. The van der Waals surface area contributed by atoms with Crippen LogP contribution in [0.2, 0.25) is 5.15 Å². The largest absolute Gasteiger partial charge is 0.280 e. The highest BCUT2D eigenvalue weighted by Gasteiger charge is 2.15. The van der Waals surface area contributed by atoms with E-state index in [0.717, 1.165) is 6.07 Å². The second-order valence-electron chi connectivity index (χ2n) is 3.55. The lowest BCUT2D eigenvalue weighted by molar-refractivity contribution is 0.601. The normalized spacial score (nSPS) is 11.3. The molecule has 0 fully saturated rings. The zero-order valence-electron chi connectivity index (χ0n) is 9.27. The molecule has 0 spiro atoms. The summed E-state index contributed by atoms with van der Waals surface area (Å²) in [7, 11) is -3.82. The van der Waals surface area contributed by atoms with Crippen LogP contribution >= 0.6 is 27.5 Å². The molecule has 0 unspecified atom stereocenters. The minimum absolute atomic E-state index is 0.0455. The van der Waals surface area contributed by atoms with Crippen LogP contribution in [0.3, 0.4) is 0 Å². The van der Waals surface area contributed by atoms with Crippen molar-refractivity contribution in [2.75, 3.05) is 4.72 Å². The Morgan fingerprint density at radius 2 is 2.00 bits per heavy atom. The molecule has 0 saturated carbocycles. The van der Waals surface area contributed by atoms with E-state index in [4.69, 9.17) is 11.6 Å². The van der Waals surface area contributed by atoms with Gasteiger partial charge in [-0.3, -0.25) is 4.72 Å². The van der Waals surface area contributed by atoms with Gasteiger partial charge in [0.1, 0.15) is 11.0 Å². The van der Waals surface area contributed by atoms with Crippen molar-refractivity contribution in [3.8, 4) is 0 Å². The van der Waals surface area contributed by atoms with Crippen LogP contribution < -0.4 is 4.72 Å². The van der Waals surface area contributed by atoms with Gasteiger partial charge >= 0.3 is 0 Å². The topological polar surface area (TPSA) is 59.1 Å². The second-order valence-corrected chi connectivity index (χ2v) is 6.47. The minimum atomic E-state index is -3.82. The number of anilines is 1. The van der Waals surface area contributed by atoms with Crippen LogP contribution in [-0.4, -0.2) is 13.4 Å². The van der Waals surface area contributed by atoms with Crippen LogP contribution in [0, 0.1) is 5.82 Å². The molecule has 1 heterocycles. The zero-order chi connectivity index (χ0) is 14.0. The summed E-state index contributed by atoms with van der Waals surface area (Å²) in [5.74, 6) is -0.562. The fourth-order valence-corrected chi connectivity index (χ4v) is 2.87. The van der Waals surface area contributed by atoms with Crippen molar-refractivity contribution in [3.05, 3.63) is 52.0 Å². The van der Waals surface area contributed by atoms with Gasteiger partial charge in [0.05, 0.1) is 15.1 Å². The Morgan fingerprint density at radius 3 is 2.63 bits per heavy atom. The number of rotatable bonds is 3. The summed E-state index contributed by atoms with van der Waals surface area (Å²) in [5, 5.41) is 0.0601. The van der Waals surface area contributed by atoms with Gasteiger partial charge in [-0.15, -0.1) is 0 Å². The van der Waals surface area contributed by atoms with E-state index in [1.807, 2.05) is 0 Å². The predicted molar refractivity (Wildman–Crippen MR) is 74.2 cm³/mol. The summed E-state index contributed by atoms with van der Waals surface area (Å²) in [5.41, 5.74) is 0.119. The maximum absolute atomic E-state index is 13.3. The monoisotopic (exact) mass is 364 g/mol. The van der Waals surface area contributed by atoms with Crippen LogP contribution in [0.4, 0.5) is 10.1 Å². The number of hydrogen-bond acceptors (Lipinski definition) is 3. The van der Waals surface area contributed by atoms with E-state index in [2.05, 4.69) is 25.6 Å². The molecule has 0 atom stereocenters. The molecule has 1 aromatic carbocycles. The first-order chi connectivity index (χ1) is 8.88. The highest BCUT2D eigenvalue weighted by atomic mass is 79.9. The first-order valence-corrected chi connectivity index (χ1v) is 7.63. The van der Waals surface area contributed by atoms with Gasteiger partial charge in [0, 0.05) is 6.20 Å². The van der Waals surface area contributed by atoms with Crippen LogP contribution in [0.1, 0.15) is 0 Å². The lowest BCUT2D eigenvalue weighted by Crippen LogP contribution is -2.13. The van der Waals surface area contributed by atoms with Gasteiger partial charge in [0.15, 0.2) is 0 Å². The van der Waals surface area contributed by atoms with Crippen LogP contribution in [0.5, 0.6) is 0 Å². The molecule has 2 aromatic rings. The third kappa shape index (κ3) is 3.43. The highest BCUT2D eigenvalue weighted by molar-refractivity contribution is 9.10. The SMILES string of the molecule is O=S(=O)(Nc1ccc(Br)c(F)c1)c1ccnc(Cl)c1. The Labute approximate surface area is 122 Å². The van der Waals surface area contributed by atoms with Gasteiger partial charge in [-0.05, 0) is 46.3 Å². The number of nitrogens with one attached hydrogen (secondary N) is 1. The first-order valence-electron chi connectivity index (χ1n) is 4.98. The molecular formula is C11H7BrClFN2O2S. The number of benzene rings is 1. The minimum Gasteiger partial charge on any atom is -0.280 e. The Kier molecular flexibility index (Phi) is 4.07. The summed E-state index contributed by atoms with van der Waals surface area (Å²) in [6, 6.07) is 6.42. The van der Waals surface area contributed by atoms with Crippen LogP contribution in [0.15, 0.2) is 45.9 Å². The van der Waals surface area contributed by atoms with Crippen molar-refractivity contribution in [3.63, 3.8) is 0 Å². The van der Waals surface area contributed by atoms with Gasteiger partial charge in [-0.25, -0.2) is 17.8 Å². The van der Waals surface area contributed by atoms with E-state index >= 15 is 0 Å². The lowest BCUT2D eigenvalue weighted by Gasteiger charge is -2.08. The summed E-state index contributed by atoms with van der Waals surface area (Å²) in [6.07, 6.45) is 1.28. The van der Waals surface area contributed by atoms with Crippen molar-refractivity contribution >= 4 is 43.2 Å². The maximum atomic E-state index is 13.3. The van der Waals surface area contributed by atoms with E-state index in [-0.39, 0.29) is 20.2 Å². The molecule has 0 aliphatic carbocycles. The van der Waals surface area contributed by atoms with Gasteiger partial charge < -0.3 is 0 Å². The smallest absolute Gasteiger partial charge is 0.262 e. The summed E-state index contributed by atoms with van der Waals surface area (Å²) >= 11 is 8.62. The third-order valence-corrected chi connectivity index (χ3v) is 4.41. The number of aromatic nitrogens is 1. The molecule has 100 valence electrons. The molecule has 0 aliphatic heterocycles. The molecule has 0 saturated heterocycles. The number of sulfonamides is 1. The number of pyridine rings is 1. The maximum Gasteiger partial charge on any atom is 0.262 e. The Bertz CT molecular complexity index is 724. The quantitative estimate of drug-likeness (QED) is 0.848. The van der Waals surface area contributed by atoms with Crippen LogP contribution in [0.25, 0.3) is 0 Å². The number of hydrogen-bond donors (Lipinski definition) is 1. The lowest BCUT2D eigenvalue weighted by atomic mass is 10.3. The summed E-state index contributed by atoms with van der Waals surface area (Å²) < 4.78 is 39.9. The molecule has 19 heavy (non-hydrogen) atoms. The molecule has 0 radical (unpaired) electrons. The number of nitrogens with zero attached hydrogens (tertiary/aromatic N) is 1. The first kappa shape index (κ1) is 14.2. The van der Waals surface area contributed by atoms with Gasteiger partial charge in [-0.2, -0.15) is 0 Å². The Morgan fingerprint density at radius 1 is 1.26 bits per heavy atom. The summed E-state index contributed by atoms with van der Waals surface area (Å²) in [6.45, 7) is 0. The molecule has 0 amide bonds. The Hall–Kier alpha value is -1.18. The average Bonchev–Trinajstić information content (AvgIpc) is 2.33. The highest BCUT2D eigenvalue weighted by Crippen LogP contribution is 2.22. The molecule has 1 aromatic heterocycles. The average molecular weight is 366 g/mol. The summed E-state index contributed by atoms with van der Waals surface area (Å²) in [4.78, 5) is 3.65. The van der Waals surface area contributed by atoms with E-state index in [1.165, 1.54) is 30.5 Å². The number of halogens is 3. The van der Waals surface area contributed by atoms with E-state index in [1.54, 1.807) is 0 Å². The zero-order valence-corrected chi connectivity index (χ0v) is 12.4. The molecule has 2 rings (SSSR count). The molecule has 8 heteroatoms. The van der Waals surface area contributed by atoms with Crippen molar-refractivity contribution in [1.82, 2.24) is 4.98 Å². The van der Waals surface area contributed by atoms with Gasteiger partial charge in [0.2, 0.25) is 0 Å².